The predicted molar refractivity (Wildman–Crippen MR) is 100 cm³/mol. The highest BCUT2D eigenvalue weighted by atomic mass is 32.2. The second kappa shape index (κ2) is 8.66. The number of hydrogen-bond donors (Lipinski definition) is 1. The lowest BCUT2D eigenvalue weighted by Crippen LogP contribution is -2.28. The minimum absolute atomic E-state index is 0.0853. The lowest BCUT2D eigenvalue weighted by molar-refractivity contribution is 0.322. The van der Waals surface area contributed by atoms with E-state index in [1.807, 2.05) is 30.3 Å². The number of para-hydroxylation sites is 1. The monoisotopic (exact) mass is 387 g/mol. The summed E-state index contributed by atoms with van der Waals surface area (Å²) in [5, 5.41) is 0. The average Bonchev–Trinajstić information content (AvgIpc) is 2.68. The molecule has 0 aromatic heterocycles. The Morgan fingerprint density at radius 1 is 0.778 bits per heavy atom. The molecule has 0 amide bonds. The van der Waals surface area contributed by atoms with Crippen molar-refractivity contribution in [2.24, 2.45) is 0 Å². The Labute approximate surface area is 157 Å². The van der Waals surface area contributed by atoms with Gasteiger partial charge in [-0.15, -0.1) is 0 Å². The Balaban J connectivity index is 1.52. The summed E-state index contributed by atoms with van der Waals surface area (Å²) < 4.78 is 50.9. The van der Waals surface area contributed by atoms with Crippen LogP contribution in [0.3, 0.4) is 0 Å². The molecule has 7 heteroatoms. The van der Waals surface area contributed by atoms with Crippen LogP contribution in [-0.4, -0.2) is 21.6 Å². The van der Waals surface area contributed by atoms with Gasteiger partial charge >= 0.3 is 0 Å². The highest BCUT2D eigenvalue weighted by Crippen LogP contribution is 2.22. The van der Waals surface area contributed by atoms with Crippen LogP contribution in [-0.2, 0) is 10.0 Å². The summed E-state index contributed by atoms with van der Waals surface area (Å²) in [6, 6.07) is 20.9. The van der Waals surface area contributed by atoms with Gasteiger partial charge in [-0.05, 0) is 60.7 Å². The summed E-state index contributed by atoms with van der Waals surface area (Å²) >= 11 is 0. The van der Waals surface area contributed by atoms with E-state index >= 15 is 0 Å². The lowest BCUT2D eigenvalue weighted by Gasteiger charge is -2.10. The van der Waals surface area contributed by atoms with E-state index in [0.29, 0.717) is 17.2 Å². The van der Waals surface area contributed by atoms with Crippen LogP contribution < -0.4 is 14.2 Å². The maximum Gasteiger partial charge on any atom is 0.240 e. The van der Waals surface area contributed by atoms with Gasteiger partial charge in [0.1, 0.15) is 29.7 Å². The average molecular weight is 387 g/mol. The zero-order valence-electron chi connectivity index (χ0n) is 14.3. The molecule has 27 heavy (non-hydrogen) atoms. The summed E-state index contributed by atoms with van der Waals surface area (Å²) in [7, 11) is -3.66. The van der Waals surface area contributed by atoms with Crippen LogP contribution in [0.4, 0.5) is 4.39 Å². The molecule has 0 aliphatic heterocycles. The van der Waals surface area contributed by atoms with E-state index in [0.717, 1.165) is 0 Å². The van der Waals surface area contributed by atoms with Gasteiger partial charge < -0.3 is 9.47 Å². The van der Waals surface area contributed by atoms with Crippen LogP contribution in [0.2, 0.25) is 0 Å². The summed E-state index contributed by atoms with van der Waals surface area (Å²) in [5.41, 5.74) is 0. The minimum Gasteiger partial charge on any atom is -0.492 e. The van der Waals surface area contributed by atoms with E-state index in [4.69, 9.17) is 9.47 Å². The molecule has 0 fully saturated rings. The van der Waals surface area contributed by atoms with Crippen LogP contribution in [0, 0.1) is 5.82 Å². The summed E-state index contributed by atoms with van der Waals surface area (Å²) in [6.45, 7) is 0.210. The number of halogens is 1. The van der Waals surface area contributed by atoms with Gasteiger partial charge in [0, 0.05) is 6.54 Å². The number of rotatable bonds is 8. The third-order valence-corrected chi connectivity index (χ3v) is 5.07. The zero-order chi connectivity index (χ0) is 19.1. The van der Waals surface area contributed by atoms with Crippen LogP contribution >= 0.6 is 0 Å². The van der Waals surface area contributed by atoms with Gasteiger partial charge in [0.05, 0.1) is 4.90 Å². The maximum absolute atomic E-state index is 12.8. The Bertz CT molecular complexity index is 959. The third kappa shape index (κ3) is 5.54. The van der Waals surface area contributed by atoms with Gasteiger partial charge in [-0.3, -0.25) is 0 Å². The van der Waals surface area contributed by atoms with E-state index in [9.17, 15) is 12.8 Å². The van der Waals surface area contributed by atoms with Gasteiger partial charge in [0.15, 0.2) is 0 Å². The Morgan fingerprint density at radius 3 is 2.04 bits per heavy atom. The molecule has 0 heterocycles. The predicted octanol–water partition coefficient (Wildman–Crippen LogP) is 3.98. The minimum atomic E-state index is -3.66. The molecule has 5 nitrogen and oxygen atoms in total. The first-order valence-corrected chi connectivity index (χ1v) is 9.72. The number of hydrogen-bond acceptors (Lipinski definition) is 4. The quantitative estimate of drug-likeness (QED) is 0.594. The van der Waals surface area contributed by atoms with E-state index in [-0.39, 0.29) is 23.9 Å². The normalized spacial score (nSPS) is 11.1. The highest BCUT2D eigenvalue weighted by Gasteiger charge is 2.13. The van der Waals surface area contributed by atoms with Crippen molar-refractivity contribution in [3.05, 3.63) is 84.7 Å². The molecule has 3 rings (SSSR count). The van der Waals surface area contributed by atoms with Crippen molar-refractivity contribution in [3.63, 3.8) is 0 Å². The standard InChI is InChI=1S/C20H18FNO4S/c21-16-6-8-17(9-7-16)25-15-14-22-27(23,24)20-12-10-19(11-13-20)26-18-4-2-1-3-5-18/h1-13,22H,14-15H2. The molecule has 3 aromatic carbocycles. The van der Waals surface area contributed by atoms with Gasteiger partial charge in [-0.25, -0.2) is 17.5 Å². The molecule has 1 N–H and O–H groups in total. The summed E-state index contributed by atoms with van der Waals surface area (Å²) in [6.07, 6.45) is 0. The van der Waals surface area contributed by atoms with Crippen LogP contribution in [0.1, 0.15) is 0 Å². The van der Waals surface area contributed by atoms with Crippen LogP contribution in [0.25, 0.3) is 0 Å². The molecule has 0 saturated carbocycles. The smallest absolute Gasteiger partial charge is 0.240 e. The number of ether oxygens (including phenoxy) is 2. The Hall–Kier alpha value is -2.90. The van der Waals surface area contributed by atoms with Crippen molar-refractivity contribution in [2.75, 3.05) is 13.2 Å². The first kappa shape index (κ1) is 18.9. The molecule has 0 saturated heterocycles. The molecule has 0 unspecified atom stereocenters. The molecule has 0 bridgehead atoms. The first-order chi connectivity index (χ1) is 13.0. The number of sulfonamides is 1. The number of nitrogens with one attached hydrogen (secondary N) is 1. The van der Waals surface area contributed by atoms with Gasteiger partial charge in [-0.1, -0.05) is 18.2 Å². The molecule has 0 spiro atoms. The molecule has 0 aliphatic rings. The molecule has 0 aliphatic carbocycles. The summed E-state index contributed by atoms with van der Waals surface area (Å²) in [4.78, 5) is 0.129. The second-order valence-corrected chi connectivity index (χ2v) is 7.35. The van der Waals surface area contributed by atoms with Crippen LogP contribution in [0.5, 0.6) is 17.2 Å². The van der Waals surface area contributed by atoms with Crippen molar-refractivity contribution in [1.82, 2.24) is 4.72 Å². The van der Waals surface area contributed by atoms with Crippen LogP contribution in [0.15, 0.2) is 83.8 Å². The molecular formula is C20H18FNO4S. The first-order valence-electron chi connectivity index (χ1n) is 8.24. The van der Waals surface area contributed by atoms with Gasteiger partial charge in [0.25, 0.3) is 0 Å². The number of benzene rings is 3. The van der Waals surface area contributed by atoms with E-state index < -0.39 is 10.0 Å². The Morgan fingerprint density at radius 2 is 1.37 bits per heavy atom. The third-order valence-electron chi connectivity index (χ3n) is 3.59. The lowest BCUT2D eigenvalue weighted by atomic mass is 10.3. The fourth-order valence-electron chi connectivity index (χ4n) is 2.27. The van der Waals surface area contributed by atoms with E-state index in [1.54, 1.807) is 12.1 Å². The Kier molecular flexibility index (Phi) is 6.05. The molecule has 0 atom stereocenters. The van der Waals surface area contributed by atoms with Crippen molar-refractivity contribution in [3.8, 4) is 17.2 Å². The van der Waals surface area contributed by atoms with Crippen molar-refractivity contribution >= 4 is 10.0 Å². The van der Waals surface area contributed by atoms with Crippen molar-refractivity contribution < 1.29 is 22.3 Å². The SMILES string of the molecule is O=S(=O)(NCCOc1ccc(F)cc1)c1ccc(Oc2ccccc2)cc1. The topological polar surface area (TPSA) is 64.6 Å². The van der Waals surface area contributed by atoms with E-state index in [2.05, 4.69) is 4.72 Å². The molecular weight excluding hydrogens is 369 g/mol. The van der Waals surface area contributed by atoms with Crippen molar-refractivity contribution in [2.45, 2.75) is 4.90 Å². The molecule has 3 aromatic rings. The fraction of sp³-hybridized carbons (Fsp3) is 0.100. The zero-order valence-corrected chi connectivity index (χ0v) is 15.2. The molecule has 140 valence electrons. The van der Waals surface area contributed by atoms with E-state index in [1.165, 1.54) is 36.4 Å². The van der Waals surface area contributed by atoms with Crippen molar-refractivity contribution in [1.29, 1.82) is 0 Å². The van der Waals surface area contributed by atoms with Gasteiger partial charge in [0.2, 0.25) is 10.0 Å². The fourth-order valence-corrected chi connectivity index (χ4v) is 3.28. The highest BCUT2D eigenvalue weighted by molar-refractivity contribution is 7.89. The van der Waals surface area contributed by atoms with Gasteiger partial charge in [-0.2, -0.15) is 0 Å². The maximum atomic E-state index is 12.8. The molecule has 0 radical (unpaired) electrons. The largest absolute Gasteiger partial charge is 0.492 e. The summed E-state index contributed by atoms with van der Waals surface area (Å²) in [5.74, 6) is 1.32. The second-order valence-electron chi connectivity index (χ2n) is 5.59.